The highest BCUT2D eigenvalue weighted by molar-refractivity contribution is 5.81. The van der Waals surface area contributed by atoms with Gasteiger partial charge >= 0.3 is 24.0 Å². The third kappa shape index (κ3) is 12.0. The van der Waals surface area contributed by atoms with Crippen molar-refractivity contribution in [1.29, 1.82) is 0 Å². The Morgan fingerprint density at radius 3 is 1.80 bits per heavy atom. The first-order valence-electron chi connectivity index (χ1n) is 16.3. The number of carbonyl (C=O) groups is 4. The molecule has 276 valence electrons. The van der Waals surface area contributed by atoms with Crippen LogP contribution in [0.3, 0.4) is 0 Å². The number of carboxylic acids is 1. The minimum absolute atomic E-state index is 0.00974. The fourth-order valence-electron chi connectivity index (χ4n) is 5.31. The standard InChI is InChI=1S/C37H43F3N2O9/c1-25(51-34(46)22-21-33(44)45)31(42-32(43)12-8-5-9-23-41-35(47)37(38,39)40)24-50-36(26-10-6-4-7-11-26,27-13-17-29(48-2)18-14-27)28-15-19-30(49-3)20-16-28/h4,6-7,10-11,13-20,25,31H,5,8-9,12,21-24H2,1-3H3,(H,41,47)(H,42,43)(H,44,45)/t25-,31-/m1/s1. The van der Waals surface area contributed by atoms with Crippen molar-refractivity contribution < 1.29 is 56.4 Å². The normalized spacial score (nSPS) is 12.7. The van der Waals surface area contributed by atoms with Crippen LogP contribution in [0.1, 0.15) is 62.1 Å². The Balaban J connectivity index is 1.90. The number of benzene rings is 3. The molecule has 0 fully saturated rings. The molecular formula is C37H43F3N2O9. The summed E-state index contributed by atoms with van der Waals surface area (Å²) in [5, 5.41) is 13.7. The molecule has 0 radical (unpaired) electrons. The average molecular weight is 717 g/mol. The lowest BCUT2D eigenvalue weighted by molar-refractivity contribution is -0.173. The zero-order valence-electron chi connectivity index (χ0n) is 28.7. The molecule has 0 spiro atoms. The molecule has 2 atom stereocenters. The number of esters is 1. The quantitative estimate of drug-likeness (QED) is 0.0780. The van der Waals surface area contributed by atoms with E-state index in [0.29, 0.717) is 35.5 Å². The van der Waals surface area contributed by atoms with Gasteiger partial charge < -0.3 is 34.7 Å². The number of ether oxygens (including phenoxy) is 4. The lowest BCUT2D eigenvalue weighted by atomic mass is 9.80. The van der Waals surface area contributed by atoms with Crippen LogP contribution in [0, 0.1) is 0 Å². The van der Waals surface area contributed by atoms with Gasteiger partial charge in [-0.15, -0.1) is 0 Å². The summed E-state index contributed by atoms with van der Waals surface area (Å²) in [7, 11) is 3.11. The van der Waals surface area contributed by atoms with Crippen LogP contribution in [0.5, 0.6) is 11.5 Å². The minimum Gasteiger partial charge on any atom is -0.497 e. The molecule has 0 heterocycles. The number of nitrogens with one attached hydrogen (secondary N) is 2. The van der Waals surface area contributed by atoms with E-state index >= 15 is 0 Å². The smallest absolute Gasteiger partial charge is 0.471 e. The van der Waals surface area contributed by atoms with Crippen LogP contribution in [-0.4, -0.2) is 74.6 Å². The number of rotatable bonds is 20. The van der Waals surface area contributed by atoms with Gasteiger partial charge in [0.15, 0.2) is 0 Å². The molecule has 3 aromatic carbocycles. The molecule has 0 unspecified atom stereocenters. The Kier molecular flexibility index (Phi) is 15.3. The van der Waals surface area contributed by atoms with Crippen LogP contribution in [0.15, 0.2) is 78.9 Å². The molecule has 0 bridgehead atoms. The Morgan fingerprint density at radius 2 is 1.29 bits per heavy atom. The van der Waals surface area contributed by atoms with Gasteiger partial charge in [-0.2, -0.15) is 13.2 Å². The van der Waals surface area contributed by atoms with Crippen molar-refractivity contribution in [2.24, 2.45) is 0 Å². The third-order valence-corrected chi connectivity index (χ3v) is 8.05. The van der Waals surface area contributed by atoms with Crippen LogP contribution in [-0.2, 0) is 34.3 Å². The molecule has 0 aliphatic carbocycles. The fraction of sp³-hybridized carbons (Fsp3) is 0.405. The Labute approximate surface area is 294 Å². The van der Waals surface area contributed by atoms with Crippen LogP contribution in [0.4, 0.5) is 13.2 Å². The van der Waals surface area contributed by atoms with E-state index in [0.717, 1.165) is 5.56 Å². The van der Waals surface area contributed by atoms with Crippen LogP contribution < -0.4 is 20.1 Å². The van der Waals surface area contributed by atoms with Gasteiger partial charge in [0.25, 0.3) is 0 Å². The highest BCUT2D eigenvalue weighted by atomic mass is 19.4. The Bertz CT molecular complexity index is 1520. The average Bonchev–Trinajstić information content (AvgIpc) is 3.12. The summed E-state index contributed by atoms with van der Waals surface area (Å²) in [4.78, 5) is 47.8. The molecule has 3 aromatic rings. The van der Waals surface area contributed by atoms with E-state index in [1.165, 1.54) is 0 Å². The second kappa shape index (κ2) is 19.3. The largest absolute Gasteiger partial charge is 0.497 e. The molecular weight excluding hydrogens is 673 g/mol. The Morgan fingerprint density at radius 1 is 0.745 bits per heavy atom. The number of amides is 2. The highest BCUT2D eigenvalue weighted by Crippen LogP contribution is 2.42. The number of hydrogen-bond donors (Lipinski definition) is 3. The third-order valence-electron chi connectivity index (χ3n) is 8.05. The number of alkyl halides is 3. The summed E-state index contributed by atoms with van der Waals surface area (Å²) in [6.45, 7) is 1.18. The topological polar surface area (TPSA) is 149 Å². The van der Waals surface area contributed by atoms with Gasteiger partial charge in [-0.05, 0) is 60.7 Å². The zero-order chi connectivity index (χ0) is 37.4. The van der Waals surface area contributed by atoms with Gasteiger partial charge in [0.2, 0.25) is 5.91 Å². The number of halogens is 3. The van der Waals surface area contributed by atoms with E-state index in [1.54, 1.807) is 50.7 Å². The summed E-state index contributed by atoms with van der Waals surface area (Å²) in [6.07, 6.45) is -5.87. The van der Waals surface area contributed by atoms with Crippen molar-refractivity contribution >= 4 is 23.8 Å². The van der Waals surface area contributed by atoms with Gasteiger partial charge in [-0.25, -0.2) is 0 Å². The summed E-state index contributed by atoms with van der Waals surface area (Å²) in [5.74, 6) is -3.17. The monoisotopic (exact) mass is 716 g/mol. The molecule has 3 N–H and O–H groups in total. The van der Waals surface area contributed by atoms with Gasteiger partial charge in [0, 0.05) is 13.0 Å². The molecule has 0 aromatic heterocycles. The molecule has 14 heteroatoms. The molecule has 3 rings (SSSR count). The first-order chi connectivity index (χ1) is 24.3. The lowest BCUT2D eigenvalue weighted by Gasteiger charge is -2.38. The molecule has 0 aliphatic rings. The number of carboxylic acid groups (broad SMARTS) is 1. The van der Waals surface area contributed by atoms with E-state index in [4.69, 9.17) is 24.1 Å². The van der Waals surface area contributed by atoms with Crippen molar-refractivity contribution in [2.45, 2.75) is 69.4 Å². The van der Waals surface area contributed by atoms with Crippen LogP contribution >= 0.6 is 0 Å². The number of methoxy groups -OCH3 is 2. The van der Waals surface area contributed by atoms with E-state index in [9.17, 15) is 32.3 Å². The maximum absolute atomic E-state index is 13.2. The van der Waals surface area contributed by atoms with Crippen molar-refractivity contribution in [1.82, 2.24) is 10.6 Å². The SMILES string of the molecule is COc1ccc(C(OC[C@@H](NC(=O)CCCCCNC(=O)C(F)(F)F)[C@@H](C)OC(=O)CCC(=O)O)(c2ccccc2)c2ccc(OC)cc2)cc1. The number of hydrogen-bond acceptors (Lipinski definition) is 8. The van der Waals surface area contributed by atoms with Crippen molar-refractivity contribution in [3.8, 4) is 11.5 Å². The number of aliphatic carboxylic acids is 1. The molecule has 0 saturated heterocycles. The second-order valence-corrected chi connectivity index (χ2v) is 11.6. The van der Waals surface area contributed by atoms with Gasteiger partial charge in [-0.3, -0.25) is 19.2 Å². The van der Waals surface area contributed by atoms with E-state index in [-0.39, 0.29) is 32.4 Å². The zero-order valence-corrected chi connectivity index (χ0v) is 28.7. The predicted octanol–water partition coefficient (Wildman–Crippen LogP) is 5.53. The maximum atomic E-state index is 13.2. The van der Waals surface area contributed by atoms with Crippen LogP contribution in [0.25, 0.3) is 0 Å². The predicted molar refractivity (Wildman–Crippen MR) is 180 cm³/mol. The van der Waals surface area contributed by atoms with Gasteiger partial charge in [0.05, 0.1) is 39.7 Å². The molecule has 2 amide bonds. The fourth-order valence-corrected chi connectivity index (χ4v) is 5.31. The van der Waals surface area contributed by atoms with Crippen molar-refractivity contribution in [3.63, 3.8) is 0 Å². The first-order valence-corrected chi connectivity index (χ1v) is 16.3. The van der Waals surface area contributed by atoms with E-state index in [2.05, 4.69) is 5.32 Å². The summed E-state index contributed by atoms with van der Waals surface area (Å²) < 4.78 is 60.5. The van der Waals surface area contributed by atoms with Gasteiger partial charge in [0.1, 0.15) is 23.2 Å². The van der Waals surface area contributed by atoms with Crippen molar-refractivity contribution in [2.75, 3.05) is 27.4 Å². The molecule has 0 saturated carbocycles. The second-order valence-electron chi connectivity index (χ2n) is 11.6. The summed E-state index contributed by atoms with van der Waals surface area (Å²) in [5.41, 5.74) is 0.910. The molecule has 11 nitrogen and oxygen atoms in total. The first kappa shape index (κ1) is 40.3. The lowest BCUT2D eigenvalue weighted by Crippen LogP contribution is -2.49. The minimum atomic E-state index is -4.97. The van der Waals surface area contributed by atoms with E-state index < -0.39 is 54.1 Å². The van der Waals surface area contributed by atoms with Crippen molar-refractivity contribution in [3.05, 3.63) is 95.6 Å². The van der Waals surface area contributed by atoms with E-state index in [1.807, 2.05) is 54.6 Å². The Hall–Kier alpha value is -5.11. The highest BCUT2D eigenvalue weighted by Gasteiger charge is 2.40. The van der Waals surface area contributed by atoms with Crippen LogP contribution in [0.2, 0.25) is 0 Å². The van der Waals surface area contributed by atoms with Gasteiger partial charge in [-0.1, -0.05) is 61.0 Å². The number of unbranched alkanes of at least 4 members (excludes halogenated alkanes) is 2. The molecule has 0 aliphatic heterocycles. The summed E-state index contributed by atoms with van der Waals surface area (Å²) in [6, 6.07) is 23.1. The molecule has 51 heavy (non-hydrogen) atoms. The maximum Gasteiger partial charge on any atom is 0.471 e. The summed E-state index contributed by atoms with van der Waals surface area (Å²) >= 11 is 0. The number of carbonyl (C=O) groups excluding carboxylic acids is 3.